The second kappa shape index (κ2) is 6.01. The van der Waals surface area contributed by atoms with Crippen molar-refractivity contribution in [3.05, 3.63) is 48.0 Å². The van der Waals surface area contributed by atoms with Gasteiger partial charge in [-0.25, -0.2) is 0 Å². The first-order chi connectivity index (χ1) is 9.88. The van der Waals surface area contributed by atoms with Gasteiger partial charge in [0.25, 0.3) is 0 Å². The van der Waals surface area contributed by atoms with E-state index in [9.17, 15) is 0 Å². The minimum absolute atomic E-state index is 0.103. The van der Waals surface area contributed by atoms with Gasteiger partial charge >= 0.3 is 0 Å². The van der Waals surface area contributed by atoms with Crippen LogP contribution in [-0.4, -0.2) is 23.1 Å². The third-order valence-electron chi connectivity index (χ3n) is 3.48. The van der Waals surface area contributed by atoms with E-state index in [1.807, 2.05) is 6.07 Å². The van der Waals surface area contributed by atoms with Crippen LogP contribution in [0, 0.1) is 0 Å². The van der Waals surface area contributed by atoms with Crippen molar-refractivity contribution in [1.29, 1.82) is 0 Å². The normalized spacial score (nSPS) is 16.6. The molecule has 0 bridgehead atoms. The summed E-state index contributed by atoms with van der Waals surface area (Å²) in [6.07, 6.45) is 7.83. The lowest BCUT2D eigenvalue weighted by molar-refractivity contribution is 0.168. The summed E-state index contributed by atoms with van der Waals surface area (Å²) < 4.78 is 5.82. The highest BCUT2D eigenvalue weighted by Crippen LogP contribution is 2.27. The van der Waals surface area contributed by atoms with E-state index in [0.717, 1.165) is 42.8 Å². The highest BCUT2D eigenvalue weighted by atomic mass is 16.5. The second-order valence-corrected chi connectivity index (χ2v) is 4.89. The lowest BCUT2D eigenvalue weighted by atomic mass is 10.0. The zero-order valence-corrected chi connectivity index (χ0v) is 11.7. The summed E-state index contributed by atoms with van der Waals surface area (Å²) in [6.45, 7) is 3.81. The van der Waals surface area contributed by atoms with Gasteiger partial charge in [0.2, 0.25) is 0 Å². The van der Waals surface area contributed by atoms with Crippen LogP contribution in [0.4, 0.5) is 0 Å². The van der Waals surface area contributed by atoms with Crippen molar-refractivity contribution in [3.63, 3.8) is 0 Å². The molecule has 0 spiro atoms. The molecule has 1 aliphatic heterocycles. The lowest BCUT2D eigenvalue weighted by Gasteiger charge is -2.25. The molecule has 2 heterocycles. The average Bonchev–Trinajstić information content (AvgIpc) is 2.53. The smallest absolute Gasteiger partial charge is 0.113 e. The number of aromatic nitrogens is 2. The predicted molar refractivity (Wildman–Crippen MR) is 79.2 cm³/mol. The number of likely N-dealkylation sites (N-methyl/N-ethyl adjacent to an activating group) is 1. The Balaban J connectivity index is 1.97. The molecule has 1 aromatic carbocycles. The number of ether oxygens (including phenoxy) is 1. The van der Waals surface area contributed by atoms with Gasteiger partial charge in [0.1, 0.15) is 5.76 Å². The number of fused-ring (bicyclic) bond motifs is 1. The van der Waals surface area contributed by atoms with Crippen LogP contribution in [0.3, 0.4) is 0 Å². The van der Waals surface area contributed by atoms with E-state index >= 15 is 0 Å². The predicted octanol–water partition coefficient (Wildman–Crippen LogP) is 2.97. The Morgan fingerprint density at radius 1 is 1.25 bits per heavy atom. The van der Waals surface area contributed by atoms with Crippen molar-refractivity contribution in [2.75, 3.05) is 13.2 Å². The Labute approximate surface area is 118 Å². The van der Waals surface area contributed by atoms with E-state index in [1.165, 1.54) is 5.56 Å². The van der Waals surface area contributed by atoms with Crippen molar-refractivity contribution < 1.29 is 4.74 Å². The molecule has 0 radical (unpaired) electrons. The Hall–Kier alpha value is -1.94. The Kier molecular flexibility index (Phi) is 3.92. The number of rotatable bonds is 4. The van der Waals surface area contributed by atoms with Gasteiger partial charge < -0.3 is 10.1 Å². The fourth-order valence-corrected chi connectivity index (χ4v) is 2.52. The third kappa shape index (κ3) is 2.65. The summed E-state index contributed by atoms with van der Waals surface area (Å²) in [5.74, 6) is 1.03. The summed E-state index contributed by atoms with van der Waals surface area (Å²) >= 11 is 0. The number of hydrogen-bond acceptors (Lipinski definition) is 4. The third-order valence-corrected chi connectivity index (χ3v) is 3.48. The van der Waals surface area contributed by atoms with Crippen LogP contribution in [0.25, 0.3) is 11.0 Å². The molecule has 3 rings (SSSR count). The molecule has 4 nitrogen and oxygen atoms in total. The highest BCUT2D eigenvalue weighted by Gasteiger charge is 2.19. The molecular formula is C16H19N3O. The van der Waals surface area contributed by atoms with Gasteiger partial charge in [0, 0.05) is 12.4 Å². The van der Waals surface area contributed by atoms with Crippen LogP contribution in [0.2, 0.25) is 0 Å². The number of allylic oxidation sites excluding steroid dienone is 1. The van der Waals surface area contributed by atoms with Crippen molar-refractivity contribution in [1.82, 2.24) is 15.3 Å². The standard InChI is InChI=1S/C16H19N3O/c1-2-17-16(15-5-3-4-10-20-15)12-6-7-13-14(11-12)19-9-8-18-13/h5-9,11,16-17H,2-4,10H2,1H3. The monoisotopic (exact) mass is 269 g/mol. The van der Waals surface area contributed by atoms with Gasteiger partial charge in [-0.05, 0) is 43.2 Å². The van der Waals surface area contributed by atoms with E-state index < -0.39 is 0 Å². The Morgan fingerprint density at radius 3 is 2.85 bits per heavy atom. The maximum absolute atomic E-state index is 5.82. The number of nitrogens with one attached hydrogen (secondary N) is 1. The molecule has 1 aliphatic rings. The molecule has 1 N–H and O–H groups in total. The highest BCUT2D eigenvalue weighted by molar-refractivity contribution is 5.74. The van der Waals surface area contributed by atoms with Crippen molar-refractivity contribution in [3.8, 4) is 0 Å². The fourth-order valence-electron chi connectivity index (χ4n) is 2.52. The maximum atomic E-state index is 5.82. The molecule has 0 saturated heterocycles. The van der Waals surface area contributed by atoms with Crippen LogP contribution in [0.1, 0.15) is 31.4 Å². The minimum atomic E-state index is 0.103. The zero-order valence-electron chi connectivity index (χ0n) is 11.7. The first kappa shape index (κ1) is 13.1. The molecule has 104 valence electrons. The van der Waals surface area contributed by atoms with Gasteiger partial charge in [-0.3, -0.25) is 9.97 Å². The van der Waals surface area contributed by atoms with Crippen LogP contribution in [0.15, 0.2) is 42.4 Å². The zero-order chi connectivity index (χ0) is 13.8. The van der Waals surface area contributed by atoms with Crippen molar-refractivity contribution in [2.24, 2.45) is 0 Å². The summed E-state index contributed by atoms with van der Waals surface area (Å²) in [5, 5.41) is 3.49. The van der Waals surface area contributed by atoms with Crippen LogP contribution in [0.5, 0.6) is 0 Å². The Morgan fingerprint density at radius 2 is 2.10 bits per heavy atom. The molecule has 0 fully saturated rings. The fraction of sp³-hybridized carbons (Fsp3) is 0.375. The minimum Gasteiger partial charge on any atom is -0.496 e. The SMILES string of the molecule is CCNC(C1=CCCCO1)c1ccc2nccnc2c1. The summed E-state index contributed by atoms with van der Waals surface area (Å²) in [4.78, 5) is 8.69. The van der Waals surface area contributed by atoms with E-state index in [0.29, 0.717) is 0 Å². The van der Waals surface area contributed by atoms with Crippen molar-refractivity contribution in [2.45, 2.75) is 25.8 Å². The molecule has 1 unspecified atom stereocenters. The number of hydrogen-bond donors (Lipinski definition) is 1. The molecule has 0 aliphatic carbocycles. The van der Waals surface area contributed by atoms with Gasteiger partial charge in [0.05, 0.1) is 23.7 Å². The van der Waals surface area contributed by atoms with Gasteiger partial charge in [0.15, 0.2) is 0 Å². The lowest BCUT2D eigenvalue weighted by Crippen LogP contribution is -2.25. The largest absolute Gasteiger partial charge is 0.496 e. The molecule has 0 amide bonds. The molecule has 2 aromatic rings. The van der Waals surface area contributed by atoms with Gasteiger partial charge in [-0.1, -0.05) is 13.0 Å². The molecule has 4 heteroatoms. The molecule has 0 saturated carbocycles. The molecule has 1 aromatic heterocycles. The van der Waals surface area contributed by atoms with Crippen LogP contribution < -0.4 is 5.32 Å². The van der Waals surface area contributed by atoms with Crippen LogP contribution in [-0.2, 0) is 4.74 Å². The number of benzene rings is 1. The van der Waals surface area contributed by atoms with Gasteiger partial charge in [-0.15, -0.1) is 0 Å². The average molecular weight is 269 g/mol. The summed E-state index contributed by atoms with van der Waals surface area (Å²) in [5.41, 5.74) is 3.02. The first-order valence-corrected chi connectivity index (χ1v) is 7.15. The van der Waals surface area contributed by atoms with Crippen molar-refractivity contribution >= 4 is 11.0 Å². The topological polar surface area (TPSA) is 47.0 Å². The first-order valence-electron chi connectivity index (χ1n) is 7.15. The molecule has 1 atom stereocenters. The van der Waals surface area contributed by atoms with Gasteiger partial charge in [-0.2, -0.15) is 0 Å². The van der Waals surface area contributed by atoms with E-state index in [1.54, 1.807) is 12.4 Å². The van der Waals surface area contributed by atoms with E-state index in [4.69, 9.17) is 4.74 Å². The number of nitrogens with zero attached hydrogens (tertiary/aromatic N) is 2. The molecule has 20 heavy (non-hydrogen) atoms. The molecular weight excluding hydrogens is 250 g/mol. The van der Waals surface area contributed by atoms with Crippen LogP contribution >= 0.6 is 0 Å². The summed E-state index contributed by atoms with van der Waals surface area (Å²) in [7, 11) is 0. The quantitative estimate of drug-likeness (QED) is 0.927. The maximum Gasteiger partial charge on any atom is 0.113 e. The Bertz CT molecular complexity index is 624. The van der Waals surface area contributed by atoms with E-state index in [2.05, 4.69) is 40.4 Å². The second-order valence-electron chi connectivity index (χ2n) is 4.89. The summed E-state index contributed by atoms with van der Waals surface area (Å²) in [6, 6.07) is 6.31. The van der Waals surface area contributed by atoms with E-state index in [-0.39, 0.29) is 6.04 Å².